The first-order valence-electron chi connectivity index (χ1n) is 10.1. The summed E-state index contributed by atoms with van der Waals surface area (Å²) in [4.78, 5) is 31.5. The van der Waals surface area contributed by atoms with Gasteiger partial charge in [-0.25, -0.2) is 0 Å². The van der Waals surface area contributed by atoms with Crippen molar-refractivity contribution in [1.82, 2.24) is 4.98 Å². The Labute approximate surface area is 194 Å². The fourth-order valence-corrected chi connectivity index (χ4v) is 4.29. The van der Waals surface area contributed by atoms with E-state index >= 15 is 0 Å². The molecule has 2 N–H and O–H groups in total. The van der Waals surface area contributed by atoms with E-state index in [1.54, 1.807) is 24.3 Å². The summed E-state index contributed by atoms with van der Waals surface area (Å²) in [7, 11) is 0. The number of aliphatic hydroxyl groups is 1. The minimum Gasteiger partial charge on any atom is -0.507 e. The molecule has 1 aliphatic rings. The van der Waals surface area contributed by atoms with Crippen molar-refractivity contribution in [3.8, 4) is 5.75 Å². The molecule has 1 amide bonds. The molecule has 1 fully saturated rings. The van der Waals surface area contributed by atoms with Gasteiger partial charge in [-0.05, 0) is 52.7 Å². The summed E-state index contributed by atoms with van der Waals surface area (Å²) in [5.41, 5.74) is 0.941. The fourth-order valence-electron chi connectivity index (χ4n) is 4.12. The number of aliphatic hydroxyl groups excluding tert-OH is 1. The average molecular weight is 457 g/mol. The normalized spacial score (nSPS) is 17.6. The Morgan fingerprint density at radius 2 is 1.64 bits per heavy atom. The Hall–Kier alpha value is -4.16. The Bertz CT molecular complexity index is 1450. The van der Waals surface area contributed by atoms with Crippen molar-refractivity contribution in [3.05, 3.63) is 107 Å². The van der Waals surface area contributed by atoms with Gasteiger partial charge >= 0.3 is 0 Å². The second-order valence-electron chi connectivity index (χ2n) is 7.64. The Morgan fingerprint density at radius 1 is 0.909 bits per heavy atom. The third kappa shape index (κ3) is 3.50. The summed E-state index contributed by atoms with van der Waals surface area (Å²) in [5, 5.41) is 23.9. The summed E-state index contributed by atoms with van der Waals surface area (Å²) >= 11 is 6.12. The monoisotopic (exact) mass is 456 g/mol. The van der Waals surface area contributed by atoms with Crippen LogP contribution in [0.25, 0.3) is 16.5 Å². The van der Waals surface area contributed by atoms with Gasteiger partial charge in [-0.1, -0.05) is 48.0 Å². The zero-order valence-corrected chi connectivity index (χ0v) is 17.9. The number of halogens is 1. The van der Waals surface area contributed by atoms with Gasteiger partial charge in [0, 0.05) is 23.0 Å². The van der Waals surface area contributed by atoms with Crippen LogP contribution in [-0.4, -0.2) is 26.9 Å². The van der Waals surface area contributed by atoms with Gasteiger partial charge in [-0.2, -0.15) is 0 Å². The van der Waals surface area contributed by atoms with Crippen LogP contribution in [0.3, 0.4) is 0 Å². The lowest BCUT2D eigenvalue weighted by Crippen LogP contribution is -2.29. The number of hydrogen-bond donors (Lipinski definition) is 2. The lowest BCUT2D eigenvalue weighted by Gasteiger charge is -2.26. The van der Waals surface area contributed by atoms with Crippen molar-refractivity contribution >= 4 is 45.5 Å². The molecule has 5 rings (SSSR count). The van der Waals surface area contributed by atoms with Crippen LogP contribution in [0, 0.1) is 0 Å². The van der Waals surface area contributed by atoms with Gasteiger partial charge in [-0.3, -0.25) is 19.5 Å². The number of nitrogens with zero attached hydrogens (tertiary/aromatic N) is 2. The highest BCUT2D eigenvalue weighted by molar-refractivity contribution is 6.52. The number of rotatable bonds is 3. The minimum absolute atomic E-state index is 0.0731. The molecule has 6 nitrogen and oxygen atoms in total. The first-order chi connectivity index (χ1) is 16.0. The predicted molar refractivity (Wildman–Crippen MR) is 126 cm³/mol. The molecule has 1 aliphatic heterocycles. The largest absolute Gasteiger partial charge is 0.507 e. The summed E-state index contributed by atoms with van der Waals surface area (Å²) < 4.78 is 0. The number of aromatic nitrogens is 1. The van der Waals surface area contributed by atoms with E-state index in [0.29, 0.717) is 11.1 Å². The maximum absolute atomic E-state index is 13.2. The molecule has 0 spiro atoms. The van der Waals surface area contributed by atoms with Crippen molar-refractivity contribution in [1.29, 1.82) is 0 Å². The quantitative estimate of drug-likeness (QED) is 0.250. The SMILES string of the molecule is O=C1C(=O)N(c2cc(Cl)ccc2O)C(c2ccncc2)/C1=C(/O)c1ccc2ccccc2c1. The minimum atomic E-state index is -0.983. The number of pyridine rings is 1. The molecule has 0 aliphatic carbocycles. The number of phenolic OH excluding ortho intramolecular Hbond substituents is 1. The van der Waals surface area contributed by atoms with Gasteiger partial charge in [0.25, 0.3) is 11.7 Å². The van der Waals surface area contributed by atoms with Crippen molar-refractivity contribution in [2.45, 2.75) is 6.04 Å². The number of anilines is 1. The molecule has 0 saturated carbocycles. The highest BCUT2D eigenvalue weighted by Gasteiger charge is 2.47. The molecule has 2 heterocycles. The van der Waals surface area contributed by atoms with E-state index in [9.17, 15) is 19.8 Å². The molecular formula is C26H17ClN2O4. The molecule has 1 unspecified atom stereocenters. The second-order valence-corrected chi connectivity index (χ2v) is 8.08. The Morgan fingerprint density at radius 3 is 2.39 bits per heavy atom. The molecule has 4 aromatic rings. The summed E-state index contributed by atoms with van der Waals surface area (Å²) in [6, 6.07) is 19.5. The number of carbonyl (C=O) groups is 2. The van der Waals surface area contributed by atoms with Gasteiger partial charge in [-0.15, -0.1) is 0 Å². The number of amides is 1. The molecule has 33 heavy (non-hydrogen) atoms. The molecule has 1 atom stereocenters. The van der Waals surface area contributed by atoms with Crippen LogP contribution in [0.1, 0.15) is 17.2 Å². The maximum atomic E-state index is 13.2. The zero-order valence-electron chi connectivity index (χ0n) is 17.1. The average Bonchev–Trinajstić information content (AvgIpc) is 3.10. The maximum Gasteiger partial charge on any atom is 0.300 e. The molecule has 0 bridgehead atoms. The van der Waals surface area contributed by atoms with Crippen LogP contribution in [0.4, 0.5) is 5.69 Å². The van der Waals surface area contributed by atoms with Gasteiger partial charge in [0.1, 0.15) is 11.5 Å². The number of phenols is 1. The summed E-state index contributed by atoms with van der Waals surface area (Å²) in [6.07, 6.45) is 3.06. The summed E-state index contributed by atoms with van der Waals surface area (Å²) in [5.74, 6) is -2.26. The first kappa shape index (κ1) is 20.7. The van der Waals surface area contributed by atoms with E-state index < -0.39 is 17.7 Å². The lowest BCUT2D eigenvalue weighted by molar-refractivity contribution is -0.132. The number of fused-ring (bicyclic) bond motifs is 1. The highest BCUT2D eigenvalue weighted by atomic mass is 35.5. The van der Waals surface area contributed by atoms with E-state index in [1.165, 1.54) is 30.6 Å². The highest BCUT2D eigenvalue weighted by Crippen LogP contribution is 2.45. The predicted octanol–water partition coefficient (Wildman–Crippen LogP) is 5.22. The number of benzene rings is 3. The number of Topliss-reactive ketones (excluding diaryl/α,β-unsaturated/α-hetero) is 1. The topological polar surface area (TPSA) is 90.7 Å². The van der Waals surface area contributed by atoms with Gasteiger partial charge in [0.2, 0.25) is 0 Å². The number of hydrogen-bond acceptors (Lipinski definition) is 5. The van der Waals surface area contributed by atoms with Crippen molar-refractivity contribution in [2.24, 2.45) is 0 Å². The van der Waals surface area contributed by atoms with Crippen molar-refractivity contribution in [3.63, 3.8) is 0 Å². The van der Waals surface area contributed by atoms with Crippen molar-refractivity contribution in [2.75, 3.05) is 4.90 Å². The molecule has 162 valence electrons. The van der Waals surface area contributed by atoms with Crippen LogP contribution in [-0.2, 0) is 9.59 Å². The standard InChI is InChI=1S/C26H17ClN2O4/c27-19-7-8-21(30)20(14-19)29-23(16-9-11-28-12-10-16)22(25(32)26(29)33)24(31)18-6-5-15-3-1-2-4-17(15)13-18/h1-14,23,30-31H/b24-22-. The fraction of sp³-hybridized carbons (Fsp3) is 0.0385. The Kier molecular flexibility index (Phi) is 5.07. The van der Waals surface area contributed by atoms with Crippen LogP contribution in [0.15, 0.2) is 90.8 Å². The second kappa shape index (κ2) is 8.07. The lowest BCUT2D eigenvalue weighted by atomic mass is 9.95. The van der Waals surface area contributed by atoms with E-state index in [2.05, 4.69) is 4.98 Å². The summed E-state index contributed by atoms with van der Waals surface area (Å²) in [6.45, 7) is 0. The van der Waals surface area contributed by atoms with Gasteiger partial charge in [0.15, 0.2) is 0 Å². The molecular weight excluding hydrogens is 440 g/mol. The first-order valence-corrected chi connectivity index (χ1v) is 10.5. The number of aromatic hydroxyl groups is 1. The smallest absolute Gasteiger partial charge is 0.300 e. The van der Waals surface area contributed by atoms with Crippen LogP contribution >= 0.6 is 11.6 Å². The molecule has 0 radical (unpaired) electrons. The molecule has 1 saturated heterocycles. The van der Waals surface area contributed by atoms with Crippen LogP contribution in [0.5, 0.6) is 5.75 Å². The van der Waals surface area contributed by atoms with E-state index in [1.807, 2.05) is 30.3 Å². The van der Waals surface area contributed by atoms with Crippen LogP contribution < -0.4 is 4.90 Å². The van der Waals surface area contributed by atoms with Gasteiger partial charge in [0.05, 0.1) is 17.3 Å². The zero-order chi connectivity index (χ0) is 23.1. The van der Waals surface area contributed by atoms with E-state index in [0.717, 1.165) is 15.7 Å². The van der Waals surface area contributed by atoms with E-state index in [4.69, 9.17) is 11.6 Å². The third-order valence-electron chi connectivity index (χ3n) is 5.69. The number of carbonyl (C=O) groups excluding carboxylic acids is 2. The molecule has 1 aromatic heterocycles. The third-order valence-corrected chi connectivity index (χ3v) is 5.92. The molecule has 3 aromatic carbocycles. The van der Waals surface area contributed by atoms with Crippen LogP contribution in [0.2, 0.25) is 5.02 Å². The molecule has 7 heteroatoms. The number of ketones is 1. The Balaban J connectivity index is 1.75. The van der Waals surface area contributed by atoms with E-state index in [-0.39, 0.29) is 27.8 Å². The van der Waals surface area contributed by atoms with Gasteiger partial charge < -0.3 is 10.2 Å². The van der Waals surface area contributed by atoms with Crippen molar-refractivity contribution < 1.29 is 19.8 Å².